The van der Waals surface area contributed by atoms with E-state index in [1.54, 1.807) is 11.3 Å². The lowest BCUT2D eigenvalue weighted by atomic mass is 10.3. The van der Waals surface area contributed by atoms with Gasteiger partial charge in [-0.1, -0.05) is 18.2 Å². The van der Waals surface area contributed by atoms with Crippen molar-refractivity contribution in [3.05, 3.63) is 70.5 Å². The normalized spacial score (nSPS) is 11.9. The van der Waals surface area contributed by atoms with Gasteiger partial charge in [0, 0.05) is 17.1 Å². The molecule has 1 heterocycles. The van der Waals surface area contributed by atoms with Crippen LogP contribution in [0, 0.1) is 6.92 Å². The van der Waals surface area contributed by atoms with Gasteiger partial charge in [0.15, 0.2) is 4.80 Å². The number of aromatic nitrogens is 1. The molecule has 0 aliphatic rings. The molecule has 0 aliphatic carbocycles. The lowest BCUT2D eigenvalue weighted by molar-refractivity contribution is 0.483. The van der Waals surface area contributed by atoms with E-state index in [2.05, 4.69) is 30.7 Å². The molecule has 0 N–H and O–H groups in total. The highest BCUT2D eigenvalue weighted by Gasteiger charge is 2.05. The number of benzene rings is 2. The van der Waals surface area contributed by atoms with Gasteiger partial charge >= 0.3 is 0 Å². The second-order valence-corrected chi connectivity index (χ2v) is 6.48. The molecule has 0 amide bonds. The minimum atomic E-state index is 0.403. The van der Waals surface area contributed by atoms with Crippen molar-refractivity contribution in [1.82, 2.24) is 4.57 Å². The number of ether oxygens (including phenoxy) is 1. The number of para-hydroxylation sites is 1. The van der Waals surface area contributed by atoms with Crippen molar-refractivity contribution in [3.8, 4) is 11.5 Å². The van der Waals surface area contributed by atoms with Crippen LogP contribution in [0.3, 0.4) is 0 Å². The Labute approximate surface area is 140 Å². The van der Waals surface area contributed by atoms with Crippen LogP contribution in [0.15, 0.2) is 65.0 Å². The van der Waals surface area contributed by atoms with Crippen molar-refractivity contribution in [2.75, 3.05) is 0 Å². The molecule has 0 fully saturated rings. The van der Waals surface area contributed by atoms with Crippen LogP contribution in [-0.2, 0) is 0 Å². The Balaban J connectivity index is 1.84. The molecule has 4 heteroatoms. The van der Waals surface area contributed by atoms with Crippen molar-refractivity contribution in [1.29, 1.82) is 0 Å². The SMILES string of the molecule is Cc1csc(=Nc2ccc(Oc3ccccc3)cc2)n1C(C)C. The molecule has 0 spiro atoms. The van der Waals surface area contributed by atoms with Crippen molar-refractivity contribution >= 4 is 17.0 Å². The quantitative estimate of drug-likeness (QED) is 0.625. The summed E-state index contributed by atoms with van der Waals surface area (Å²) in [5, 5.41) is 2.14. The van der Waals surface area contributed by atoms with Crippen LogP contribution in [-0.4, -0.2) is 4.57 Å². The first kappa shape index (κ1) is 15.6. The van der Waals surface area contributed by atoms with Crippen LogP contribution in [0.25, 0.3) is 0 Å². The zero-order chi connectivity index (χ0) is 16.2. The zero-order valence-corrected chi connectivity index (χ0v) is 14.4. The Bertz CT molecular complexity index is 830. The molecule has 0 bridgehead atoms. The van der Waals surface area contributed by atoms with Crippen molar-refractivity contribution in [2.45, 2.75) is 26.8 Å². The summed E-state index contributed by atoms with van der Waals surface area (Å²) in [6.45, 7) is 6.47. The van der Waals surface area contributed by atoms with Gasteiger partial charge in [0.25, 0.3) is 0 Å². The first-order valence-corrected chi connectivity index (χ1v) is 8.56. The highest BCUT2D eigenvalue weighted by atomic mass is 32.1. The third-order valence-electron chi connectivity index (χ3n) is 3.48. The van der Waals surface area contributed by atoms with E-state index in [-0.39, 0.29) is 0 Å². The van der Waals surface area contributed by atoms with Crippen LogP contribution in [0.5, 0.6) is 11.5 Å². The molecule has 0 saturated carbocycles. The Morgan fingerprint density at radius 2 is 1.61 bits per heavy atom. The van der Waals surface area contributed by atoms with E-state index in [4.69, 9.17) is 9.73 Å². The minimum Gasteiger partial charge on any atom is -0.457 e. The average Bonchev–Trinajstić information content (AvgIpc) is 2.91. The second kappa shape index (κ2) is 6.84. The van der Waals surface area contributed by atoms with Crippen LogP contribution >= 0.6 is 11.3 Å². The number of rotatable bonds is 4. The highest BCUT2D eigenvalue weighted by molar-refractivity contribution is 7.07. The summed E-state index contributed by atoms with van der Waals surface area (Å²) in [5.74, 6) is 1.65. The van der Waals surface area contributed by atoms with Gasteiger partial charge in [-0.05, 0) is 57.2 Å². The fourth-order valence-corrected chi connectivity index (χ4v) is 3.45. The highest BCUT2D eigenvalue weighted by Crippen LogP contribution is 2.23. The Hall–Kier alpha value is -2.33. The van der Waals surface area contributed by atoms with Crippen LogP contribution < -0.4 is 9.54 Å². The van der Waals surface area contributed by atoms with Crippen LogP contribution in [0.4, 0.5) is 5.69 Å². The first-order chi connectivity index (χ1) is 11.1. The molecule has 2 aromatic carbocycles. The molecule has 0 radical (unpaired) electrons. The summed E-state index contributed by atoms with van der Waals surface area (Å²) in [4.78, 5) is 5.78. The molecule has 0 unspecified atom stereocenters. The van der Waals surface area contributed by atoms with Gasteiger partial charge < -0.3 is 9.30 Å². The van der Waals surface area contributed by atoms with Gasteiger partial charge in [0.05, 0.1) is 5.69 Å². The summed E-state index contributed by atoms with van der Waals surface area (Å²) < 4.78 is 8.05. The predicted octanol–water partition coefficient (Wildman–Crippen LogP) is 5.46. The van der Waals surface area contributed by atoms with Crippen LogP contribution in [0.1, 0.15) is 25.6 Å². The summed E-state index contributed by atoms with van der Waals surface area (Å²) in [7, 11) is 0. The number of nitrogens with zero attached hydrogens (tertiary/aromatic N) is 2. The maximum Gasteiger partial charge on any atom is 0.190 e. The molecule has 118 valence electrons. The van der Waals surface area contributed by atoms with E-state index < -0.39 is 0 Å². The number of thiazole rings is 1. The molecule has 0 saturated heterocycles. The van der Waals surface area contributed by atoms with E-state index in [9.17, 15) is 0 Å². The Morgan fingerprint density at radius 1 is 0.957 bits per heavy atom. The summed E-state index contributed by atoms with van der Waals surface area (Å²) in [6.07, 6.45) is 0. The minimum absolute atomic E-state index is 0.403. The average molecular weight is 324 g/mol. The zero-order valence-electron chi connectivity index (χ0n) is 13.6. The third-order valence-corrected chi connectivity index (χ3v) is 4.44. The molecule has 3 rings (SSSR count). The summed E-state index contributed by atoms with van der Waals surface area (Å²) in [5.41, 5.74) is 2.18. The fourth-order valence-electron chi connectivity index (χ4n) is 2.43. The molecule has 0 aliphatic heterocycles. The number of aryl methyl sites for hydroxylation is 1. The molecule has 3 aromatic rings. The lowest BCUT2D eigenvalue weighted by Crippen LogP contribution is -2.17. The van der Waals surface area contributed by atoms with Crippen molar-refractivity contribution < 1.29 is 4.74 Å². The lowest BCUT2D eigenvalue weighted by Gasteiger charge is -2.09. The molecule has 1 aromatic heterocycles. The fraction of sp³-hybridized carbons (Fsp3) is 0.211. The maximum atomic E-state index is 5.81. The summed E-state index contributed by atoms with van der Waals surface area (Å²) in [6, 6.07) is 18.1. The van der Waals surface area contributed by atoms with Gasteiger partial charge in [-0.3, -0.25) is 0 Å². The molecule has 0 atom stereocenters. The van der Waals surface area contributed by atoms with Gasteiger partial charge in [0.1, 0.15) is 11.5 Å². The third kappa shape index (κ3) is 3.71. The molecular formula is C19H20N2OS. The van der Waals surface area contributed by atoms with E-state index in [1.807, 2.05) is 54.6 Å². The van der Waals surface area contributed by atoms with Crippen LogP contribution in [0.2, 0.25) is 0 Å². The predicted molar refractivity (Wildman–Crippen MR) is 95.6 cm³/mol. The largest absolute Gasteiger partial charge is 0.457 e. The molecular weight excluding hydrogens is 304 g/mol. The van der Waals surface area contributed by atoms with Gasteiger partial charge in [-0.15, -0.1) is 11.3 Å². The smallest absolute Gasteiger partial charge is 0.190 e. The van der Waals surface area contributed by atoms with E-state index >= 15 is 0 Å². The standard InChI is InChI=1S/C19H20N2OS/c1-14(2)21-15(3)13-23-19(21)20-16-9-11-18(12-10-16)22-17-7-5-4-6-8-17/h4-14H,1-3H3. The van der Waals surface area contributed by atoms with Gasteiger partial charge in [-0.2, -0.15) is 0 Å². The van der Waals surface area contributed by atoms with E-state index in [0.29, 0.717) is 6.04 Å². The Morgan fingerprint density at radius 3 is 2.26 bits per heavy atom. The van der Waals surface area contributed by atoms with Gasteiger partial charge in [0.2, 0.25) is 0 Å². The number of hydrogen-bond donors (Lipinski definition) is 0. The first-order valence-electron chi connectivity index (χ1n) is 7.68. The monoisotopic (exact) mass is 324 g/mol. The van der Waals surface area contributed by atoms with E-state index in [1.165, 1.54) is 5.69 Å². The van der Waals surface area contributed by atoms with Crippen molar-refractivity contribution in [2.24, 2.45) is 4.99 Å². The summed E-state index contributed by atoms with van der Waals surface area (Å²) >= 11 is 1.67. The maximum absolute atomic E-state index is 5.81. The molecule has 23 heavy (non-hydrogen) atoms. The second-order valence-electron chi connectivity index (χ2n) is 5.64. The van der Waals surface area contributed by atoms with E-state index in [0.717, 1.165) is 22.0 Å². The topological polar surface area (TPSA) is 26.5 Å². The molecule has 3 nitrogen and oxygen atoms in total. The van der Waals surface area contributed by atoms with Gasteiger partial charge in [-0.25, -0.2) is 4.99 Å². The van der Waals surface area contributed by atoms with Crippen molar-refractivity contribution in [3.63, 3.8) is 0 Å². The number of hydrogen-bond acceptors (Lipinski definition) is 3. The Kier molecular flexibility index (Phi) is 4.63.